The number of aromatic nitrogens is 1. The lowest BCUT2D eigenvalue weighted by Crippen LogP contribution is -2.40. The van der Waals surface area contributed by atoms with E-state index in [0.29, 0.717) is 18.1 Å². The smallest absolute Gasteiger partial charge is 0.245 e. The Balaban J connectivity index is 2.34. The molecule has 0 aliphatic heterocycles. The summed E-state index contributed by atoms with van der Waals surface area (Å²) < 4.78 is 4.82. The van der Waals surface area contributed by atoms with Crippen molar-refractivity contribution in [3.63, 3.8) is 0 Å². The fraction of sp³-hybridized carbons (Fsp3) is 0.417. The van der Waals surface area contributed by atoms with Gasteiger partial charge in [-0.3, -0.25) is 9.59 Å². The zero-order valence-electron chi connectivity index (χ0n) is 11.1. The van der Waals surface area contributed by atoms with Crippen LogP contribution in [0.1, 0.15) is 5.76 Å². The molecule has 0 fully saturated rings. The molecule has 0 bridgehead atoms. The lowest BCUT2D eigenvalue weighted by molar-refractivity contribution is -0.132. The summed E-state index contributed by atoms with van der Waals surface area (Å²) in [6.07, 6.45) is 1.66. The predicted molar refractivity (Wildman–Crippen MR) is 70.6 cm³/mol. The van der Waals surface area contributed by atoms with Crippen LogP contribution in [-0.2, 0) is 9.59 Å². The van der Waals surface area contributed by atoms with Crippen LogP contribution in [-0.4, -0.2) is 48.6 Å². The molecule has 0 aliphatic carbocycles. The summed E-state index contributed by atoms with van der Waals surface area (Å²) >= 11 is 0. The van der Waals surface area contributed by atoms with Gasteiger partial charge in [0.2, 0.25) is 11.8 Å². The molecule has 1 aromatic heterocycles. The number of likely N-dealkylation sites (N-methyl/N-ethyl adjacent to an activating group) is 1. The van der Waals surface area contributed by atoms with Gasteiger partial charge in [0.1, 0.15) is 5.76 Å². The zero-order valence-corrected chi connectivity index (χ0v) is 11.1. The van der Waals surface area contributed by atoms with Crippen molar-refractivity contribution in [2.24, 2.45) is 0 Å². The van der Waals surface area contributed by atoms with Gasteiger partial charge < -0.3 is 20.1 Å². The van der Waals surface area contributed by atoms with Gasteiger partial charge in [0.15, 0.2) is 5.82 Å². The summed E-state index contributed by atoms with van der Waals surface area (Å²) in [5.41, 5.74) is 0. The summed E-state index contributed by atoms with van der Waals surface area (Å²) in [4.78, 5) is 24.6. The second-order valence-electron chi connectivity index (χ2n) is 4.04. The van der Waals surface area contributed by atoms with Gasteiger partial charge in [-0.25, -0.2) is 0 Å². The molecule has 0 spiro atoms. The third-order valence-corrected chi connectivity index (χ3v) is 2.27. The molecular weight excluding hydrogens is 248 g/mol. The molecule has 7 heteroatoms. The number of carbonyl (C=O) groups excluding carboxylic acids is 2. The van der Waals surface area contributed by atoms with E-state index in [-0.39, 0.29) is 24.9 Å². The molecule has 2 amide bonds. The van der Waals surface area contributed by atoms with E-state index in [9.17, 15) is 9.59 Å². The van der Waals surface area contributed by atoms with Gasteiger partial charge in [0.25, 0.3) is 0 Å². The molecule has 104 valence electrons. The lowest BCUT2D eigenvalue weighted by Gasteiger charge is -2.16. The molecule has 0 aliphatic rings. The highest BCUT2D eigenvalue weighted by atomic mass is 16.5. The first kappa shape index (κ1) is 14.9. The zero-order chi connectivity index (χ0) is 14.3. The average molecular weight is 266 g/mol. The fourth-order valence-electron chi connectivity index (χ4n) is 1.33. The number of hydrogen-bond donors (Lipinski definition) is 2. The molecule has 19 heavy (non-hydrogen) atoms. The molecule has 1 heterocycles. The van der Waals surface area contributed by atoms with Crippen molar-refractivity contribution >= 4 is 17.6 Å². The van der Waals surface area contributed by atoms with Crippen molar-refractivity contribution in [1.82, 2.24) is 15.4 Å². The van der Waals surface area contributed by atoms with Gasteiger partial charge in [-0.15, -0.1) is 6.58 Å². The summed E-state index contributed by atoms with van der Waals surface area (Å²) in [5, 5.41) is 9.05. The standard InChI is InChI=1S/C12H18N4O3/c1-4-5-13-7-12(18)16(3)8-11(17)14-10-6-9(2)19-15-10/h4,6,13H,1,5,7-8H2,2-3H3,(H,14,15,17). The highest BCUT2D eigenvalue weighted by Gasteiger charge is 2.13. The number of rotatable bonds is 7. The molecule has 0 saturated carbocycles. The highest BCUT2D eigenvalue weighted by Crippen LogP contribution is 2.06. The maximum Gasteiger partial charge on any atom is 0.245 e. The first-order valence-corrected chi connectivity index (χ1v) is 5.81. The molecule has 0 saturated heterocycles. The maximum atomic E-state index is 11.6. The van der Waals surface area contributed by atoms with Crippen molar-refractivity contribution in [3.05, 3.63) is 24.5 Å². The highest BCUT2D eigenvalue weighted by molar-refractivity contribution is 5.93. The van der Waals surface area contributed by atoms with Crippen molar-refractivity contribution in [2.45, 2.75) is 6.92 Å². The number of nitrogens with one attached hydrogen (secondary N) is 2. The first-order chi connectivity index (χ1) is 9.02. The average Bonchev–Trinajstić information content (AvgIpc) is 2.74. The second kappa shape index (κ2) is 7.32. The minimum Gasteiger partial charge on any atom is -0.360 e. The summed E-state index contributed by atoms with van der Waals surface area (Å²) in [7, 11) is 1.56. The first-order valence-electron chi connectivity index (χ1n) is 5.81. The Hall–Kier alpha value is -2.15. The summed E-state index contributed by atoms with van der Waals surface area (Å²) in [6, 6.07) is 1.60. The minimum atomic E-state index is -0.326. The Morgan fingerprint density at radius 2 is 2.32 bits per heavy atom. The van der Waals surface area contributed by atoms with Crippen molar-refractivity contribution in [1.29, 1.82) is 0 Å². The van der Waals surface area contributed by atoms with Crippen LogP contribution in [0.3, 0.4) is 0 Å². The Kier molecular flexibility index (Phi) is 5.74. The SMILES string of the molecule is C=CCNCC(=O)N(C)CC(=O)Nc1cc(C)on1. The molecule has 2 N–H and O–H groups in total. The summed E-state index contributed by atoms with van der Waals surface area (Å²) in [5.74, 6) is 0.447. The Labute approximate surface area is 111 Å². The van der Waals surface area contributed by atoms with Crippen molar-refractivity contribution in [3.8, 4) is 0 Å². The van der Waals surface area contributed by atoms with Gasteiger partial charge in [0, 0.05) is 19.7 Å². The lowest BCUT2D eigenvalue weighted by atomic mass is 10.4. The van der Waals surface area contributed by atoms with Gasteiger partial charge in [-0.05, 0) is 6.92 Å². The number of amides is 2. The van der Waals surface area contributed by atoms with Crippen LogP contribution in [0.5, 0.6) is 0 Å². The van der Waals surface area contributed by atoms with E-state index in [1.165, 1.54) is 4.90 Å². The van der Waals surface area contributed by atoms with Crippen LogP contribution in [0.2, 0.25) is 0 Å². The molecule has 1 rings (SSSR count). The summed E-state index contributed by atoms with van der Waals surface area (Å²) in [6.45, 7) is 5.93. The maximum absolute atomic E-state index is 11.6. The van der Waals surface area contributed by atoms with E-state index >= 15 is 0 Å². The quantitative estimate of drug-likeness (QED) is 0.542. The van der Waals surface area contributed by atoms with Crippen molar-refractivity contribution in [2.75, 3.05) is 32.0 Å². The number of hydrogen-bond acceptors (Lipinski definition) is 5. The van der Waals surface area contributed by atoms with Crippen LogP contribution in [0.25, 0.3) is 0 Å². The van der Waals surface area contributed by atoms with Crippen LogP contribution >= 0.6 is 0 Å². The molecule has 7 nitrogen and oxygen atoms in total. The molecule has 0 aromatic carbocycles. The Morgan fingerprint density at radius 3 is 2.89 bits per heavy atom. The van der Waals surface area contributed by atoms with E-state index in [4.69, 9.17) is 4.52 Å². The van der Waals surface area contributed by atoms with E-state index in [1.54, 1.807) is 26.1 Å². The number of carbonyl (C=O) groups is 2. The third kappa shape index (κ3) is 5.35. The van der Waals surface area contributed by atoms with E-state index in [1.807, 2.05) is 0 Å². The fourth-order valence-corrected chi connectivity index (χ4v) is 1.33. The predicted octanol–water partition coefficient (Wildman–Crippen LogP) is 0.156. The van der Waals surface area contributed by atoms with Crippen molar-refractivity contribution < 1.29 is 14.1 Å². The minimum absolute atomic E-state index is 0.0412. The van der Waals surface area contributed by atoms with Gasteiger partial charge in [0.05, 0.1) is 13.1 Å². The molecule has 1 aromatic rings. The van der Waals surface area contributed by atoms with Crippen LogP contribution < -0.4 is 10.6 Å². The number of nitrogens with zero attached hydrogens (tertiary/aromatic N) is 2. The number of anilines is 1. The topological polar surface area (TPSA) is 87.5 Å². The van der Waals surface area contributed by atoms with Gasteiger partial charge >= 0.3 is 0 Å². The molecule has 0 radical (unpaired) electrons. The van der Waals surface area contributed by atoms with E-state index in [2.05, 4.69) is 22.4 Å². The Bertz CT molecular complexity index is 456. The van der Waals surface area contributed by atoms with Gasteiger partial charge in [-0.1, -0.05) is 11.2 Å². The van der Waals surface area contributed by atoms with Gasteiger partial charge in [-0.2, -0.15) is 0 Å². The van der Waals surface area contributed by atoms with E-state index in [0.717, 1.165) is 0 Å². The third-order valence-electron chi connectivity index (χ3n) is 2.27. The molecule has 0 unspecified atom stereocenters. The largest absolute Gasteiger partial charge is 0.360 e. The van der Waals surface area contributed by atoms with E-state index < -0.39 is 0 Å². The normalized spacial score (nSPS) is 10.0. The number of aryl methyl sites for hydroxylation is 1. The van der Waals surface area contributed by atoms with Crippen LogP contribution in [0.15, 0.2) is 23.2 Å². The van der Waals surface area contributed by atoms with Crippen LogP contribution in [0.4, 0.5) is 5.82 Å². The molecule has 0 atom stereocenters. The molecular formula is C12H18N4O3. The Morgan fingerprint density at radius 1 is 1.58 bits per heavy atom. The van der Waals surface area contributed by atoms with Crippen LogP contribution in [0, 0.1) is 6.92 Å². The monoisotopic (exact) mass is 266 g/mol. The second-order valence-corrected chi connectivity index (χ2v) is 4.04.